The van der Waals surface area contributed by atoms with Crippen LogP contribution in [0.1, 0.15) is 11.4 Å². The van der Waals surface area contributed by atoms with Gasteiger partial charge in [-0.3, -0.25) is 0 Å². The molecule has 2 aromatic carbocycles. The van der Waals surface area contributed by atoms with Crippen LogP contribution in [-0.2, 0) is 6.42 Å². The number of rotatable bonds is 2. The number of hydrogen-bond acceptors (Lipinski definition) is 1. The molecule has 0 aliphatic carbocycles. The first kappa shape index (κ1) is 10.5. The number of fused-ring (bicyclic) bond motifs is 1. The Balaban J connectivity index is 1.98. The van der Waals surface area contributed by atoms with E-state index in [0.29, 0.717) is 0 Å². The molecule has 2 nitrogen and oxygen atoms in total. The number of hydrogen-bond donors (Lipinski definition) is 1. The molecular weight excluding hydrogens is 276 g/mol. The van der Waals surface area contributed by atoms with Crippen LogP contribution in [0.4, 0.5) is 0 Å². The van der Waals surface area contributed by atoms with Gasteiger partial charge in [0.2, 0.25) is 0 Å². The summed E-state index contributed by atoms with van der Waals surface area (Å²) >= 11 is 3.56. The van der Waals surface area contributed by atoms with Crippen molar-refractivity contribution >= 4 is 27.0 Å². The van der Waals surface area contributed by atoms with E-state index in [1.54, 1.807) is 0 Å². The van der Waals surface area contributed by atoms with Crippen LogP contribution in [0, 0.1) is 0 Å². The standard InChI is InChI=1S/C14H11BrN2/c15-11-6-2-1-5-10(11)9-14-16-12-7-3-4-8-13(12)17-14/h1-8H,9H2,(H,16,17). The molecule has 17 heavy (non-hydrogen) atoms. The van der Waals surface area contributed by atoms with Crippen molar-refractivity contribution in [1.82, 2.24) is 9.97 Å². The summed E-state index contributed by atoms with van der Waals surface area (Å²) in [5.41, 5.74) is 3.36. The Kier molecular flexibility index (Phi) is 2.69. The topological polar surface area (TPSA) is 28.7 Å². The van der Waals surface area contributed by atoms with Gasteiger partial charge in [0, 0.05) is 10.9 Å². The number of nitrogens with one attached hydrogen (secondary N) is 1. The minimum atomic E-state index is 0.816. The predicted molar refractivity (Wildman–Crippen MR) is 73.0 cm³/mol. The lowest BCUT2D eigenvalue weighted by atomic mass is 10.1. The van der Waals surface area contributed by atoms with Gasteiger partial charge in [-0.2, -0.15) is 0 Å². The third-order valence-corrected chi connectivity index (χ3v) is 3.53. The maximum absolute atomic E-state index is 4.57. The molecule has 1 N–H and O–H groups in total. The molecule has 0 saturated carbocycles. The quantitative estimate of drug-likeness (QED) is 0.760. The van der Waals surface area contributed by atoms with Crippen LogP contribution in [0.25, 0.3) is 11.0 Å². The molecule has 84 valence electrons. The van der Waals surface area contributed by atoms with Crippen LogP contribution in [0.15, 0.2) is 53.0 Å². The van der Waals surface area contributed by atoms with Crippen molar-refractivity contribution < 1.29 is 0 Å². The number of para-hydroxylation sites is 2. The molecule has 0 atom stereocenters. The van der Waals surface area contributed by atoms with E-state index in [4.69, 9.17) is 0 Å². The molecular formula is C14H11BrN2. The Labute approximate surface area is 108 Å². The largest absolute Gasteiger partial charge is 0.342 e. The normalized spacial score (nSPS) is 10.9. The van der Waals surface area contributed by atoms with Crippen molar-refractivity contribution in [2.24, 2.45) is 0 Å². The van der Waals surface area contributed by atoms with Gasteiger partial charge < -0.3 is 4.98 Å². The van der Waals surface area contributed by atoms with E-state index in [-0.39, 0.29) is 0 Å². The second kappa shape index (κ2) is 4.34. The van der Waals surface area contributed by atoms with E-state index in [1.165, 1.54) is 5.56 Å². The highest BCUT2D eigenvalue weighted by atomic mass is 79.9. The molecule has 0 fully saturated rings. The van der Waals surface area contributed by atoms with Crippen molar-refractivity contribution in [3.05, 3.63) is 64.4 Å². The summed E-state index contributed by atoms with van der Waals surface area (Å²) in [5.74, 6) is 0.998. The molecule has 1 aromatic heterocycles. The van der Waals surface area contributed by atoms with Crippen molar-refractivity contribution in [3.63, 3.8) is 0 Å². The number of imidazole rings is 1. The number of aromatic amines is 1. The molecule has 3 rings (SSSR count). The van der Waals surface area contributed by atoms with Crippen molar-refractivity contribution in [3.8, 4) is 0 Å². The van der Waals surface area contributed by atoms with E-state index in [0.717, 1.165) is 27.8 Å². The lowest BCUT2D eigenvalue weighted by Crippen LogP contribution is -1.91. The van der Waals surface area contributed by atoms with Gasteiger partial charge >= 0.3 is 0 Å². The zero-order valence-electron chi connectivity index (χ0n) is 9.15. The highest BCUT2D eigenvalue weighted by molar-refractivity contribution is 9.10. The first-order valence-electron chi connectivity index (χ1n) is 5.50. The van der Waals surface area contributed by atoms with Crippen LogP contribution in [-0.4, -0.2) is 9.97 Å². The highest BCUT2D eigenvalue weighted by Crippen LogP contribution is 2.19. The Hall–Kier alpha value is -1.61. The first-order chi connectivity index (χ1) is 8.33. The van der Waals surface area contributed by atoms with Crippen LogP contribution in [0.3, 0.4) is 0 Å². The second-order valence-corrected chi connectivity index (χ2v) is 4.82. The number of halogens is 1. The molecule has 0 aliphatic rings. The molecule has 1 heterocycles. The lowest BCUT2D eigenvalue weighted by Gasteiger charge is -2.00. The molecule has 0 unspecified atom stereocenters. The van der Waals surface area contributed by atoms with Gasteiger partial charge in [-0.15, -0.1) is 0 Å². The van der Waals surface area contributed by atoms with E-state index >= 15 is 0 Å². The summed E-state index contributed by atoms with van der Waals surface area (Å²) in [6, 6.07) is 16.3. The van der Waals surface area contributed by atoms with Crippen molar-refractivity contribution in [1.29, 1.82) is 0 Å². The molecule has 0 spiro atoms. The van der Waals surface area contributed by atoms with E-state index in [1.807, 2.05) is 36.4 Å². The van der Waals surface area contributed by atoms with Crippen molar-refractivity contribution in [2.75, 3.05) is 0 Å². The van der Waals surface area contributed by atoms with Gasteiger partial charge in [-0.1, -0.05) is 46.3 Å². The number of nitrogens with zero attached hydrogens (tertiary/aromatic N) is 1. The maximum atomic E-state index is 4.57. The predicted octanol–water partition coefficient (Wildman–Crippen LogP) is 3.92. The summed E-state index contributed by atoms with van der Waals surface area (Å²) in [4.78, 5) is 7.91. The Morgan fingerprint density at radius 2 is 1.76 bits per heavy atom. The molecule has 3 heteroatoms. The summed E-state index contributed by atoms with van der Waals surface area (Å²) in [7, 11) is 0. The van der Waals surface area contributed by atoms with Gasteiger partial charge in [0.1, 0.15) is 5.82 Å². The fourth-order valence-corrected chi connectivity index (χ4v) is 2.34. The van der Waals surface area contributed by atoms with Gasteiger partial charge in [0.05, 0.1) is 11.0 Å². The Bertz CT molecular complexity index is 625. The van der Waals surface area contributed by atoms with Gasteiger partial charge in [0.25, 0.3) is 0 Å². The minimum absolute atomic E-state index is 0.816. The molecule has 3 aromatic rings. The zero-order chi connectivity index (χ0) is 11.7. The van der Waals surface area contributed by atoms with Gasteiger partial charge in [-0.25, -0.2) is 4.98 Å². The fraction of sp³-hybridized carbons (Fsp3) is 0.0714. The lowest BCUT2D eigenvalue weighted by molar-refractivity contribution is 1.03. The van der Waals surface area contributed by atoms with E-state index in [9.17, 15) is 0 Å². The maximum Gasteiger partial charge on any atom is 0.111 e. The number of aromatic nitrogens is 2. The van der Waals surface area contributed by atoms with Crippen LogP contribution in [0.2, 0.25) is 0 Å². The van der Waals surface area contributed by atoms with E-state index in [2.05, 4.69) is 38.0 Å². The highest BCUT2D eigenvalue weighted by Gasteiger charge is 2.05. The smallest absolute Gasteiger partial charge is 0.111 e. The molecule has 0 amide bonds. The van der Waals surface area contributed by atoms with E-state index < -0.39 is 0 Å². The summed E-state index contributed by atoms with van der Waals surface area (Å²) in [6.45, 7) is 0. The Morgan fingerprint density at radius 1 is 1.00 bits per heavy atom. The van der Waals surface area contributed by atoms with Gasteiger partial charge in [0.15, 0.2) is 0 Å². The summed E-state index contributed by atoms with van der Waals surface area (Å²) < 4.78 is 1.13. The second-order valence-electron chi connectivity index (χ2n) is 3.97. The third-order valence-electron chi connectivity index (χ3n) is 2.75. The van der Waals surface area contributed by atoms with Crippen molar-refractivity contribution in [2.45, 2.75) is 6.42 Å². The number of H-pyrrole nitrogens is 1. The Morgan fingerprint density at radius 3 is 2.59 bits per heavy atom. The molecule has 0 aliphatic heterocycles. The minimum Gasteiger partial charge on any atom is -0.342 e. The summed E-state index contributed by atoms with van der Waals surface area (Å²) in [6.07, 6.45) is 0.816. The third kappa shape index (κ3) is 2.11. The van der Waals surface area contributed by atoms with Crippen LogP contribution < -0.4 is 0 Å². The van der Waals surface area contributed by atoms with Crippen LogP contribution >= 0.6 is 15.9 Å². The molecule has 0 radical (unpaired) electrons. The fourth-order valence-electron chi connectivity index (χ4n) is 1.91. The first-order valence-corrected chi connectivity index (χ1v) is 6.29. The SMILES string of the molecule is Brc1ccccc1Cc1nc2ccccc2[nH]1. The molecule has 0 saturated heterocycles. The van der Waals surface area contributed by atoms with Crippen LogP contribution in [0.5, 0.6) is 0 Å². The zero-order valence-corrected chi connectivity index (χ0v) is 10.7. The monoisotopic (exact) mass is 286 g/mol. The number of benzene rings is 2. The molecule has 0 bridgehead atoms. The summed E-state index contributed by atoms with van der Waals surface area (Å²) in [5, 5.41) is 0. The average molecular weight is 287 g/mol. The van der Waals surface area contributed by atoms with Gasteiger partial charge in [-0.05, 0) is 23.8 Å². The average Bonchev–Trinajstić information content (AvgIpc) is 2.74.